The molecule has 0 aliphatic heterocycles. The maximum absolute atomic E-state index is 9.30. The summed E-state index contributed by atoms with van der Waals surface area (Å²) >= 11 is 0. The third-order valence-electron chi connectivity index (χ3n) is 3.08. The van der Waals surface area contributed by atoms with Crippen LogP contribution in [0.3, 0.4) is 0 Å². The molecule has 0 spiro atoms. The first-order valence-corrected chi connectivity index (χ1v) is 7.08. The maximum atomic E-state index is 9.30. The summed E-state index contributed by atoms with van der Waals surface area (Å²) in [6.07, 6.45) is 0. The third-order valence-corrected chi connectivity index (χ3v) is 3.08. The molecule has 110 valence electrons. The Bertz CT molecular complexity index is 482. The first-order valence-electron chi connectivity index (χ1n) is 7.08. The van der Waals surface area contributed by atoms with E-state index in [-0.39, 0.29) is 11.5 Å². The van der Waals surface area contributed by atoms with Gasteiger partial charge in [-0.05, 0) is 43.9 Å². The van der Waals surface area contributed by atoms with Crippen molar-refractivity contribution in [2.24, 2.45) is 0 Å². The third kappa shape index (κ3) is 4.86. The number of nitriles is 1. The van der Waals surface area contributed by atoms with Crippen molar-refractivity contribution >= 4 is 0 Å². The molecule has 0 aromatic heterocycles. The molecule has 0 fully saturated rings. The first kappa shape index (κ1) is 16.5. The molecule has 0 amide bonds. The van der Waals surface area contributed by atoms with Gasteiger partial charge in [-0.1, -0.05) is 32.9 Å². The summed E-state index contributed by atoms with van der Waals surface area (Å²) in [6.45, 7) is 12.8. The molecular weight excluding hydrogens is 248 g/mol. The average molecular weight is 274 g/mol. The van der Waals surface area contributed by atoms with E-state index in [4.69, 9.17) is 4.74 Å². The molecule has 1 aromatic carbocycles. The molecule has 0 bridgehead atoms. The van der Waals surface area contributed by atoms with Crippen LogP contribution in [0.15, 0.2) is 24.3 Å². The second kappa shape index (κ2) is 6.28. The lowest BCUT2D eigenvalue weighted by Gasteiger charge is -2.26. The second-order valence-corrected chi connectivity index (χ2v) is 6.81. The van der Waals surface area contributed by atoms with Crippen LogP contribution in [0.25, 0.3) is 0 Å². The summed E-state index contributed by atoms with van der Waals surface area (Å²) in [5.41, 5.74) is 0.644. The molecule has 1 atom stereocenters. The van der Waals surface area contributed by atoms with Gasteiger partial charge in [-0.3, -0.25) is 5.32 Å². The summed E-state index contributed by atoms with van der Waals surface area (Å²) in [5.74, 6) is 0.810. The molecule has 1 rings (SSSR count). The Morgan fingerprint density at radius 2 is 1.90 bits per heavy atom. The molecule has 0 saturated carbocycles. The van der Waals surface area contributed by atoms with Crippen LogP contribution in [0, 0.1) is 11.3 Å². The Morgan fingerprint density at radius 1 is 1.25 bits per heavy atom. The fraction of sp³-hybridized carbons (Fsp3) is 0.588. The summed E-state index contributed by atoms with van der Waals surface area (Å²) in [6, 6.07) is 10.6. The standard InChI is InChI=1S/C17H26N2O/c1-13(2)19-17(6,11-18)12-20-15-9-7-8-14(10-15)16(3,4)5/h7-10,13,19H,12H2,1-6H3. The smallest absolute Gasteiger partial charge is 0.138 e. The van der Waals surface area contributed by atoms with Crippen molar-refractivity contribution in [3.8, 4) is 11.8 Å². The molecule has 1 unspecified atom stereocenters. The van der Waals surface area contributed by atoms with Crippen molar-refractivity contribution in [2.45, 2.75) is 58.5 Å². The number of hydrogen-bond acceptors (Lipinski definition) is 3. The van der Waals surface area contributed by atoms with E-state index >= 15 is 0 Å². The van der Waals surface area contributed by atoms with Crippen molar-refractivity contribution in [3.05, 3.63) is 29.8 Å². The van der Waals surface area contributed by atoms with Crippen molar-refractivity contribution < 1.29 is 4.74 Å². The second-order valence-electron chi connectivity index (χ2n) is 6.81. The fourth-order valence-corrected chi connectivity index (χ4v) is 2.02. The van der Waals surface area contributed by atoms with Gasteiger partial charge in [-0.15, -0.1) is 0 Å². The SMILES string of the molecule is CC(C)NC(C)(C#N)COc1cccc(C(C)(C)C)c1. The summed E-state index contributed by atoms with van der Waals surface area (Å²) < 4.78 is 5.81. The number of rotatable bonds is 5. The molecule has 0 radical (unpaired) electrons. The Balaban J connectivity index is 2.77. The van der Waals surface area contributed by atoms with Crippen LogP contribution in [0.5, 0.6) is 5.75 Å². The number of ether oxygens (including phenoxy) is 1. The van der Waals surface area contributed by atoms with Gasteiger partial charge in [-0.2, -0.15) is 5.26 Å². The van der Waals surface area contributed by atoms with E-state index in [0.717, 1.165) is 5.75 Å². The normalized spacial score (nSPS) is 14.7. The molecular formula is C17H26N2O. The fourth-order valence-electron chi connectivity index (χ4n) is 2.02. The zero-order valence-corrected chi connectivity index (χ0v) is 13.4. The monoisotopic (exact) mass is 274 g/mol. The van der Waals surface area contributed by atoms with Gasteiger partial charge in [0.2, 0.25) is 0 Å². The molecule has 0 heterocycles. The van der Waals surface area contributed by atoms with Gasteiger partial charge in [0, 0.05) is 6.04 Å². The highest BCUT2D eigenvalue weighted by atomic mass is 16.5. The van der Waals surface area contributed by atoms with E-state index in [1.807, 2.05) is 39.0 Å². The van der Waals surface area contributed by atoms with E-state index in [1.54, 1.807) is 0 Å². The summed E-state index contributed by atoms with van der Waals surface area (Å²) in [4.78, 5) is 0. The molecule has 0 saturated heterocycles. The lowest BCUT2D eigenvalue weighted by Crippen LogP contribution is -2.49. The van der Waals surface area contributed by atoms with E-state index in [9.17, 15) is 5.26 Å². The molecule has 20 heavy (non-hydrogen) atoms. The number of nitrogens with one attached hydrogen (secondary N) is 1. The quantitative estimate of drug-likeness (QED) is 0.891. The highest BCUT2D eigenvalue weighted by Gasteiger charge is 2.25. The summed E-state index contributed by atoms with van der Waals surface area (Å²) in [7, 11) is 0. The summed E-state index contributed by atoms with van der Waals surface area (Å²) in [5, 5.41) is 12.5. The highest BCUT2D eigenvalue weighted by molar-refractivity contribution is 5.32. The van der Waals surface area contributed by atoms with Gasteiger partial charge in [0.05, 0.1) is 6.07 Å². The molecule has 3 heteroatoms. The van der Waals surface area contributed by atoms with Gasteiger partial charge < -0.3 is 4.74 Å². The molecule has 1 N–H and O–H groups in total. The number of nitrogens with zero attached hydrogens (tertiary/aromatic N) is 1. The highest BCUT2D eigenvalue weighted by Crippen LogP contribution is 2.26. The Morgan fingerprint density at radius 3 is 2.40 bits per heavy atom. The van der Waals surface area contributed by atoms with Crippen molar-refractivity contribution in [3.63, 3.8) is 0 Å². The van der Waals surface area contributed by atoms with Crippen molar-refractivity contribution in [1.82, 2.24) is 5.32 Å². The number of benzene rings is 1. The van der Waals surface area contributed by atoms with Crippen LogP contribution in [-0.4, -0.2) is 18.2 Å². The van der Waals surface area contributed by atoms with Crippen molar-refractivity contribution in [2.75, 3.05) is 6.61 Å². The van der Waals surface area contributed by atoms with Crippen LogP contribution in [0.1, 0.15) is 47.1 Å². The minimum absolute atomic E-state index is 0.0914. The van der Waals surface area contributed by atoms with Gasteiger partial charge in [-0.25, -0.2) is 0 Å². The van der Waals surface area contributed by atoms with E-state index < -0.39 is 5.54 Å². The maximum Gasteiger partial charge on any atom is 0.138 e. The first-order chi connectivity index (χ1) is 9.16. The molecule has 0 aliphatic rings. The van der Waals surface area contributed by atoms with Gasteiger partial charge >= 0.3 is 0 Å². The predicted molar refractivity (Wildman–Crippen MR) is 82.9 cm³/mol. The van der Waals surface area contributed by atoms with E-state index in [1.165, 1.54) is 5.56 Å². The topological polar surface area (TPSA) is 45.0 Å². The Hall–Kier alpha value is -1.53. The largest absolute Gasteiger partial charge is 0.491 e. The zero-order chi connectivity index (χ0) is 15.4. The minimum Gasteiger partial charge on any atom is -0.491 e. The van der Waals surface area contributed by atoms with Gasteiger partial charge in [0.25, 0.3) is 0 Å². The molecule has 1 aromatic rings. The minimum atomic E-state index is -0.675. The average Bonchev–Trinajstić information content (AvgIpc) is 2.35. The predicted octanol–water partition coefficient (Wildman–Crippen LogP) is 3.64. The van der Waals surface area contributed by atoms with Crippen LogP contribution in [0.2, 0.25) is 0 Å². The Kier molecular flexibility index (Phi) is 5.19. The number of hydrogen-bond donors (Lipinski definition) is 1. The van der Waals surface area contributed by atoms with E-state index in [0.29, 0.717) is 6.61 Å². The van der Waals surface area contributed by atoms with Crippen LogP contribution >= 0.6 is 0 Å². The van der Waals surface area contributed by atoms with E-state index in [2.05, 4.69) is 38.2 Å². The lowest BCUT2D eigenvalue weighted by atomic mass is 9.87. The van der Waals surface area contributed by atoms with Crippen LogP contribution in [0.4, 0.5) is 0 Å². The van der Waals surface area contributed by atoms with Gasteiger partial charge in [0.15, 0.2) is 0 Å². The van der Waals surface area contributed by atoms with Crippen LogP contribution < -0.4 is 10.1 Å². The Labute approximate surface area is 123 Å². The van der Waals surface area contributed by atoms with Gasteiger partial charge in [0.1, 0.15) is 17.9 Å². The molecule has 3 nitrogen and oxygen atoms in total. The lowest BCUT2D eigenvalue weighted by molar-refractivity contribution is 0.224. The zero-order valence-electron chi connectivity index (χ0n) is 13.4. The molecule has 0 aliphatic carbocycles. The van der Waals surface area contributed by atoms with Crippen LogP contribution in [-0.2, 0) is 5.41 Å². The van der Waals surface area contributed by atoms with Crippen molar-refractivity contribution in [1.29, 1.82) is 5.26 Å².